The van der Waals surface area contributed by atoms with E-state index >= 15 is 0 Å². The van der Waals surface area contributed by atoms with Crippen molar-refractivity contribution < 1.29 is 52.7 Å². The van der Waals surface area contributed by atoms with Crippen LogP contribution < -0.4 is 52.7 Å². The molecule has 0 saturated heterocycles. The average Bonchev–Trinajstić information content (AvgIpc) is 2.21. The number of benzene rings is 1. The largest absolute Gasteiger partial charge is 2.00 e. The maximum atomic E-state index is 5.54. The number of ether oxygens (including phenoxy) is 1. The molecule has 0 fully saturated rings. The van der Waals surface area contributed by atoms with Crippen LogP contribution in [0.3, 0.4) is 0 Å². The normalized spacial score (nSPS) is 7.75. The molecule has 1 heterocycles. The summed E-state index contributed by atoms with van der Waals surface area (Å²) < 4.78 is 5.54. The van der Waals surface area contributed by atoms with Crippen LogP contribution >= 0.6 is 0 Å². The quantitative estimate of drug-likeness (QED) is 0.351. The summed E-state index contributed by atoms with van der Waals surface area (Å²) in [6, 6.07) is 13.3. The first kappa shape index (κ1) is 18.8. The smallest absolute Gasteiger partial charge is 1.00 e. The first-order valence-corrected chi connectivity index (χ1v) is 4.08. The van der Waals surface area contributed by atoms with Crippen LogP contribution in [0.25, 0.3) is 0 Å². The summed E-state index contributed by atoms with van der Waals surface area (Å²) in [6.45, 7) is 0. The summed E-state index contributed by atoms with van der Waals surface area (Å²) in [4.78, 5) is 3.91. The van der Waals surface area contributed by atoms with Gasteiger partial charge in [-0.3, -0.25) is 4.98 Å². The van der Waals surface area contributed by atoms with E-state index in [9.17, 15) is 0 Å². The minimum Gasteiger partial charge on any atom is -1.00 e. The van der Waals surface area contributed by atoms with Gasteiger partial charge in [0.1, 0.15) is 11.5 Å². The molecule has 0 amide bonds. The minimum absolute atomic E-state index is 0. The van der Waals surface area contributed by atoms with Gasteiger partial charge in [-0.2, -0.15) is 0 Å². The van der Waals surface area contributed by atoms with Gasteiger partial charge in [0, 0.05) is 12.4 Å². The zero-order chi connectivity index (χ0) is 8.93. The summed E-state index contributed by atoms with van der Waals surface area (Å²) in [5, 5.41) is 0. The van der Waals surface area contributed by atoms with E-state index in [2.05, 4.69) is 4.98 Å². The van der Waals surface area contributed by atoms with Crippen LogP contribution in [0, 0.1) is 0 Å². The summed E-state index contributed by atoms with van der Waals surface area (Å²) in [6.07, 6.45) is 3.41. The zero-order valence-electron chi connectivity index (χ0n) is 8.51. The molecule has 0 atom stereocenters. The first-order valence-electron chi connectivity index (χ1n) is 4.08. The molecule has 0 aliphatic rings. The second-order valence-electron chi connectivity index (χ2n) is 2.60. The Bertz CT molecular complexity index is 335. The SMILES string of the molecule is [I-].[I-].[Mg+2].c1ccc(Oc2ccncc2)cc1. The topological polar surface area (TPSA) is 22.1 Å². The van der Waals surface area contributed by atoms with Gasteiger partial charge < -0.3 is 52.7 Å². The molecule has 0 spiro atoms. The molecule has 0 aliphatic carbocycles. The maximum absolute atomic E-state index is 5.54. The minimum atomic E-state index is 0. The van der Waals surface area contributed by atoms with Gasteiger partial charge in [-0.25, -0.2) is 0 Å². The Kier molecular flexibility index (Phi) is 12.4. The summed E-state index contributed by atoms with van der Waals surface area (Å²) >= 11 is 0. The molecule has 16 heavy (non-hydrogen) atoms. The van der Waals surface area contributed by atoms with E-state index in [0.717, 1.165) is 11.5 Å². The molecular weight excluding hydrogens is 440 g/mol. The zero-order valence-corrected chi connectivity index (χ0v) is 14.2. The molecule has 0 radical (unpaired) electrons. The third-order valence-corrected chi connectivity index (χ3v) is 1.63. The molecule has 1 aromatic heterocycles. The van der Waals surface area contributed by atoms with Crippen LogP contribution in [0.1, 0.15) is 0 Å². The number of hydrogen-bond acceptors (Lipinski definition) is 2. The molecule has 0 N–H and O–H groups in total. The van der Waals surface area contributed by atoms with Crippen LogP contribution in [-0.2, 0) is 0 Å². The molecule has 5 heteroatoms. The predicted octanol–water partition coefficient (Wildman–Crippen LogP) is -3.50. The molecule has 2 rings (SSSR count). The van der Waals surface area contributed by atoms with Gasteiger partial charge in [0.25, 0.3) is 0 Å². The van der Waals surface area contributed by atoms with Crippen LogP contribution in [0.2, 0.25) is 0 Å². The van der Waals surface area contributed by atoms with E-state index in [4.69, 9.17) is 4.74 Å². The second-order valence-corrected chi connectivity index (χ2v) is 2.60. The third-order valence-electron chi connectivity index (χ3n) is 1.63. The fourth-order valence-electron chi connectivity index (χ4n) is 1.03. The number of rotatable bonds is 2. The summed E-state index contributed by atoms with van der Waals surface area (Å²) in [5.74, 6) is 1.65. The van der Waals surface area contributed by atoms with E-state index < -0.39 is 0 Å². The molecule has 2 nitrogen and oxygen atoms in total. The monoisotopic (exact) mass is 449 g/mol. The van der Waals surface area contributed by atoms with Crippen molar-refractivity contribution >= 4 is 23.1 Å². The van der Waals surface area contributed by atoms with Crippen molar-refractivity contribution in [1.82, 2.24) is 4.98 Å². The Labute approximate surface area is 145 Å². The Balaban J connectivity index is 0. The molecule has 1 aromatic carbocycles. The van der Waals surface area contributed by atoms with E-state index in [-0.39, 0.29) is 71.0 Å². The number of pyridine rings is 1. The number of aromatic nitrogens is 1. The fourth-order valence-corrected chi connectivity index (χ4v) is 1.03. The van der Waals surface area contributed by atoms with Gasteiger partial charge in [-0.15, -0.1) is 0 Å². The van der Waals surface area contributed by atoms with E-state index in [1.54, 1.807) is 12.4 Å². The Hall–Kier alpha value is 0.396. The van der Waals surface area contributed by atoms with Crippen molar-refractivity contribution in [3.8, 4) is 11.5 Å². The van der Waals surface area contributed by atoms with Crippen molar-refractivity contribution in [2.75, 3.05) is 0 Å². The number of hydrogen-bond donors (Lipinski definition) is 0. The van der Waals surface area contributed by atoms with Crippen molar-refractivity contribution in [1.29, 1.82) is 0 Å². The van der Waals surface area contributed by atoms with Crippen LogP contribution in [0.5, 0.6) is 11.5 Å². The molecule has 0 aliphatic heterocycles. The van der Waals surface area contributed by atoms with E-state index in [1.807, 2.05) is 42.5 Å². The molecule has 0 unspecified atom stereocenters. The third kappa shape index (κ3) is 6.21. The molecule has 0 bridgehead atoms. The van der Waals surface area contributed by atoms with Crippen LogP contribution in [-0.4, -0.2) is 28.0 Å². The van der Waals surface area contributed by atoms with Gasteiger partial charge >= 0.3 is 23.1 Å². The number of para-hydroxylation sites is 1. The maximum Gasteiger partial charge on any atom is 2.00 e. The van der Waals surface area contributed by atoms with Gasteiger partial charge in [0.05, 0.1) is 0 Å². The van der Waals surface area contributed by atoms with Gasteiger partial charge in [-0.05, 0) is 24.3 Å². The Morgan fingerprint density at radius 1 is 0.750 bits per heavy atom. The number of nitrogens with zero attached hydrogens (tertiary/aromatic N) is 1. The van der Waals surface area contributed by atoms with Gasteiger partial charge in [-0.1, -0.05) is 18.2 Å². The Morgan fingerprint density at radius 3 is 1.81 bits per heavy atom. The van der Waals surface area contributed by atoms with E-state index in [0.29, 0.717) is 0 Å². The molecule has 0 saturated carbocycles. The van der Waals surface area contributed by atoms with Crippen molar-refractivity contribution in [2.24, 2.45) is 0 Å². The first-order chi connectivity index (χ1) is 6.45. The summed E-state index contributed by atoms with van der Waals surface area (Å²) in [7, 11) is 0. The average molecular weight is 449 g/mol. The molecular formula is C11H9I2MgNO. The van der Waals surface area contributed by atoms with Crippen molar-refractivity contribution in [3.05, 3.63) is 54.9 Å². The number of halogens is 2. The second kappa shape index (κ2) is 10.5. The standard InChI is InChI=1S/C11H9NO.2HI.Mg/c1-2-4-10(5-3-1)13-11-6-8-12-9-7-11;;;/h1-9H;2*1H;/q;;;+2/p-2. The molecule has 2 aromatic rings. The van der Waals surface area contributed by atoms with Gasteiger partial charge in [0.2, 0.25) is 0 Å². The van der Waals surface area contributed by atoms with Crippen LogP contribution in [0.4, 0.5) is 0 Å². The Morgan fingerprint density at radius 2 is 1.25 bits per heavy atom. The van der Waals surface area contributed by atoms with Crippen molar-refractivity contribution in [2.45, 2.75) is 0 Å². The van der Waals surface area contributed by atoms with Crippen LogP contribution in [0.15, 0.2) is 54.9 Å². The fraction of sp³-hybridized carbons (Fsp3) is 0. The predicted molar refractivity (Wildman–Crippen MR) is 56.5 cm³/mol. The summed E-state index contributed by atoms with van der Waals surface area (Å²) in [5.41, 5.74) is 0. The van der Waals surface area contributed by atoms with Gasteiger partial charge in [0.15, 0.2) is 0 Å². The van der Waals surface area contributed by atoms with E-state index in [1.165, 1.54) is 0 Å². The molecule has 80 valence electrons. The van der Waals surface area contributed by atoms with Crippen molar-refractivity contribution in [3.63, 3.8) is 0 Å².